The van der Waals surface area contributed by atoms with Crippen LogP contribution in [0.4, 0.5) is 9.59 Å². The van der Waals surface area contributed by atoms with Crippen molar-refractivity contribution in [2.45, 2.75) is 71.4 Å². The lowest BCUT2D eigenvalue weighted by atomic mass is 10.0. The Bertz CT molecular complexity index is 892. The van der Waals surface area contributed by atoms with E-state index < -0.39 is 29.8 Å². The van der Waals surface area contributed by atoms with E-state index in [1.165, 1.54) is 0 Å². The lowest BCUT2D eigenvalue weighted by Crippen LogP contribution is -2.41. The highest BCUT2D eigenvalue weighted by Crippen LogP contribution is 2.18. The van der Waals surface area contributed by atoms with Gasteiger partial charge in [0.05, 0.1) is 58.5 Å². The van der Waals surface area contributed by atoms with Gasteiger partial charge >= 0.3 is 18.2 Å². The van der Waals surface area contributed by atoms with Crippen molar-refractivity contribution in [2.24, 2.45) is 5.92 Å². The van der Waals surface area contributed by atoms with Crippen LogP contribution in [-0.2, 0) is 42.9 Å². The Hall–Kier alpha value is -3.30. The summed E-state index contributed by atoms with van der Waals surface area (Å²) in [6.07, 6.45) is 0.966. The Kier molecular flexibility index (Phi) is 18.8. The predicted octanol–water partition coefficient (Wildman–Crippen LogP) is 0.926. The van der Waals surface area contributed by atoms with Crippen LogP contribution >= 0.6 is 0 Å². The summed E-state index contributed by atoms with van der Waals surface area (Å²) in [6, 6.07) is -0.756. The van der Waals surface area contributed by atoms with Gasteiger partial charge in [0.1, 0.15) is 11.9 Å². The van der Waals surface area contributed by atoms with Gasteiger partial charge in [-0.05, 0) is 32.6 Å². The summed E-state index contributed by atoms with van der Waals surface area (Å²) >= 11 is 0. The highest BCUT2D eigenvalue weighted by molar-refractivity contribution is 5.86. The third-order valence-corrected chi connectivity index (χ3v) is 6.15. The van der Waals surface area contributed by atoms with E-state index in [0.717, 1.165) is 25.9 Å². The highest BCUT2D eigenvalue weighted by Gasteiger charge is 2.30. The smallest absolute Gasteiger partial charge is 0.415 e. The van der Waals surface area contributed by atoms with E-state index in [1.54, 1.807) is 32.6 Å². The Morgan fingerprint density at radius 2 is 1.42 bits per heavy atom. The minimum Gasteiger partial charge on any atom is -0.443 e. The number of alkyl carbamates (subject to hydrolysis) is 2. The van der Waals surface area contributed by atoms with E-state index in [2.05, 4.69) is 20.7 Å². The quantitative estimate of drug-likeness (QED) is 0.0720. The van der Waals surface area contributed by atoms with Crippen LogP contribution < -0.4 is 16.0 Å². The Labute approximate surface area is 253 Å². The molecule has 246 valence electrons. The number of amides is 4. The summed E-state index contributed by atoms with van der Waals surface area (Å²) in [4.78, 5) is 72.0. The van der Waals surface area contributed by atoms with Crippen molar-refractivity contribution in [1.82, 2.24) is 20.9 Å². The van der Waals surface area contributed by atoms with Crippen LogP contribution in [0.5, 0.6) is 0 Å². The van der Waals surface area contributed by atoms with Gasteiger partial charge in [-0.1, -0.05) is 13.8 Å². The zero-order chi connectivity index (χ0) is 32.1. The molecule has 0 aromatic carbocycles. The minimum atomic E-state index is -1.01. The summed E-state index contributed by atoms with van der Waals surface area (Å²) in [5.41, 5.74) is -0.905. The van der Waals surface area contributed by atoms with Gasteiger partial charge in [-0.25, -0.2) is 9.59 Å². The van der Waals surface area contributed by atoms with Crippen LogP contribution in [0.2, 0.25) is 0 Å². The Morgan fingerprint density at radius 3 is 2.02 bits per heavy atom. The number of hydrogen-bond donors (Lipinski definition) is 3. The second-order valence-corrected chi connectivity index (χ2v) is 10.8. The van der Waals surface area contributed by atoms with Gasteiger partial charge in [0, 0.05) is 32.6 Å². The molecule has 0 aromatic heterocycles. The molecule has 0 saturated carbocycles. The molecule has 3 N–H and O–H groups in total. The van der Waals surface area contributed by atoms with Crippen LogP contribution in [0.3, 0.4) is 0 Å². The largest absolute Gasteiger partial charge is 0.443 e. The molecule has 1 heterocycles. The maximum atomic E-state index is 12.3. The fourth-order valence-electron chi connectivity index (χ4n) is 3.77. The molecule has 1 saturated heterocycles. The first-order chi connectivity index (χ1) is 20.4. The molecule has 1 atom stereocenters. The molecule has 1 fully saturated rings. The molecule has 1 rings (SSSR count). The Morgan fingerprint density at radius 1 is 0.814 bits per heavy atom. The summed E-state index contributed by atoms with van der Waals surface area (Å²) in [7, 11) is 0. The van der Waals surface area contributed by atoms with Gasteiger partial charge < -0.3 is 49.3 Å². The standard InChI is InChI=1S/C28H48N4O11/c1-21(2)22(20-33)31-27(38)42-25(36)7-9-29-23(34)8-13-39-15-17-41-18-16-40-14-10-30-26(37)43-28(3,4)19-24(35)32-11-5-6-12-32/h20-22H,5-19H2,1-4H3,(H,29,34)(H,30,37)(H,31,38). The fraction of sp³-hybridized carbons (Fsp3) is 0.786. The van der Waals surface area contributed by atoms with Gasteiger partial charge in [-0.3, -0.25) is 14.4 Å². The van der Waals surface area contributed by atoms with Gasteiger partial charge in [0.25, 0.3) is 0 Å². The molecule has 43 heavy (non-hydrogen) atoms. The number of likely N-dealkylation sites (tertiary alicyclic amines) is 1. The molecule has 0 radical (unpaired) electrons. The summed E-state index contributed by atoms with van der Waals surface area (Å²) < 4.78 is 26.0. The van der Waals surface area contributed by atoms with Gasteiger partial charge in [0.15, 0.2) is 0 Å². The second kappa shape index (κ2) is 21.4. The number of carbonyl (C=O) groups is 6. The molecule has 1 aliphatic heterocycles. The van der Waals surface area contributed by atoms with Gasteiger partial charge in [-0.15, -0.1) is 0 Å². The number of rotatable bonds is 21. The molecule has 15 heteroatoms. The van der Waals surface area contributed by atoms with Crippen molar-refractivity contribution in [3.05, 3.63) is 0 Å². The van der Waals surface area contributed by atoms with Crippen molar-refractivity contribution in [3.8, 4) is 0 Å². The number of aldehydes is 1. The number of nitrogens with zero attached hydrogens (tertiary/aromatic N) is 1. The lowest BCUT2D eigenvalue weighted by molar-refractivity contribution is -0.137. The number of esters is 1. The van der Waals surface area contributed by atoms with E-state index in [0.29, 0.717) is 26.1 Å². The number of ether oxygens (including phenoxy) is 5. The van der Waals surface area contributed by atoms with Crippen LogP contribution in [-0.4, -0.2) is 119 Å². The monoisotopic (exact) mass is 616 g/mol. The predicted molar refractivity (Wildman–Crippen MR) is 153 cm³/mol. The molecule has 0 aliphatic carbocycles. The third kappa shape index (κ3) is 18.8. The molecule has 4 amide bonds. The zero-order valence-corrected chi connectivity index (χ0v) is 25.8. The Balaban J connectivity index is 1.94. The average Bonchev–Trinajstić information content (AvgIpc) is 3.47. The zero-order valence-electron chi connectivity index (χ0n) is 25.8. The van der Waals surface area contributed by atoms with E-state index in [4.69, 9.17) is 18.9 Å². The first-order valence-corrected chi connectivity index (χ1v) is 14.6. The molecular formula is C28H48N4O11. The lowest BCUT2D eigenvalue weighted by Gasteiger charge is -2.27. The molecule has 1 aliphatic rings. The van der Waals surface area contributed by atoms with Crippen LogP contribution in [0, 0.1) is 5.92 Å². The third-order valence-electron chi connectivity index (χ3n) is 6.15. The minimum absolute atomic E-state index is 0.00997. The van der Waals surface area contributed by atoms with E-state index in [-0.39, 0.29) is 69.9 Å². The molecule has 1 unspecified atom stereocenters. The highest BCUT2D eigenvalue weighted by atomic mass is 16.6. The van der Waals surface area contributed by atoms with E-state index in [1.807, 2.05) is 0 Å². The maximum absolute atomic E-state index is 12.3. The van der Waals surface area contributed by atoms with Crippen molar-refractivity contribution < 1.29 is 52.5 Å². The van der Waals surface area contributed by atoms with Crippen molar-refractivity contribution in [2.75, 3.05) is 65.8 Å². The molecule has 15 nitrogen and oxygen atoms in total. The van der Waals surface area contributed by atoms with E-state index >= 15 is 0 Å². The maximum Gasteiger partial charge on any atom is 0.415 e. The first-order valence-electron chi connectivity index (χ1n) is 14.6. The van der Waals surface area contributed by atoms with Gasteiger partial charge in [-0.2, -0.15) is 0 Å². The molecule has 0 bridgehead atoms. The SMILES string of the molecule is CC(C)C(C=O)NC(=O)OC(=O)CCNC(=O)CCOCCOCCOCCNC(=O)OC(C)(C)CC(=O)N1CCCC1. The molecular weight excluding hydrogens is 568 g/mol. The van der Waals surface area contributed by atoms with Crippen LogP contribution in [0.1, 0.15) is 59.8 Å². The normalized spacial score (nSPS) is 13.7. The topological polar surface area (TPSA) is 188 Å². The number of nitrogens with one attached hydrogen (secondary N) is 3. The van der Waals surface area contributed by atoms with Gasteiger partial charge in [0.2, 0.25) is 11.8 Å². The first kappa shape index (κ1) is 37.7. The average molecular weight is 617 g/mol. The van der Waals surface area contributed by atoms with E-state index in [9.17, 15) is 28.8 Å². The number of hydrogen-bond acceptors (Lipinski definition) is 11. The fourth-order valence-corrected chi connectivity index (χ4v) is 3.77. The number of carbonyl (C=O) groups excluding carboxylic acids is 6. The summed E-state index contributed by atoms with van der Waals surface area (Å²) in [5.74, 6) is -1.32. The molecule has 0 spiro atoms. The second-order valence-electron chi connectivity index (χ2n) is 10.8. The van der Waals surface area contributed by atoms with Crippen molar-refractivity contribution in [1.29, 1.82) is 0 Å². The summed E-state index contributed by atoms with van der Waals surface area (Å²) in [6.45, 7) is 10.3. The van der Waals surface area contributed by atoms with Crippen molar-refractivity contribution >= 4 is 36.3 Å². The summed E-state index contributed by atoms with van der Waals surface area (Å²) in [5, 5.41) is 7.40. The molecule has 0 aromatic rings. The van der Waals surface area contributed by atoms with Crippen LogP contribution in [0.15, 0.2) is 0 Å². The van der Waals surface area contributed by atoms with Crippen molar-refractivity contribution in [3.63, 3.8) is 0 Å². The van der Waals surface area contributed by atoms with Crippen LogP contribution in [0.25, 0.3) is 0 Å².